The number of aromatic nitrogens is 3. The van der Waals surface area contributed by atoms with Crippen LogP contribution in [0.4, 0.5) is 13.2 Å². The molecular weight excluding hydrogens is 455 g/mol. The average molecular weight is 475 g/mol. The number of ketones is 1. The molecule has 0 bridgehead atoms. The zero-order chi connectivity index (χ0) is 24.4. The maximum absolute atomic E-state index is 13.8. The lowest BCUT2D eigenvalue weighted by Gasteiger charge is -2.13. The summed E-state index contributed by atoms with van der Waals surface area (Å²) in [4.78, 5) is 16.1. The molecule has 0 fully saturated rings. The highest BCUT2D eigenvalue weighted by Crippen LogP contribution is 2.29. The van der Waals surface area contributed by atoms with E-state index in [-0.39, 0.29) is 36.8 Å². The van der Waals surface area contributed by atoms with Crippen molar-refractivity contribution in [1.29, 1.82) is 0 Å². The van der Waals surface area contributed by atoms with Crippen molar-refractivity contribution in [3.63, 3.8) is 0 Å². The Balaban J connectivity index is 1.42. The first kappa shape index (κ1) is 22.6. The molecule has 3 aromatic carbocycles. The number of hydrogen-bond acceptors (Lipinski definition) is 4. The molecule has 2 heterocycles. The van der Waals surface area contributed by atoms with E-state index in [1.807, 2.05) is 30.3 Å². The lowest BCUT2D eigenvalue weighted by atomic mass is 9.92. The second-order valence-electron chi connectivity index (χ2n) is 8.41. The van der Waals surface area contributed by atoms with Gasteiger partial charge in [-0.3, -0.25) is 4.79 Å². The molecule has 5 rings (SSSR count). The van der Waals surface area contributed by atoms with Gasteiger partial charge in [-0.05, 0) is 60.0 Å². The lowest BCUT2D eigenvalue weighted by molar-refractivity contribution is -0.118. The van der Waals surface area contributed by atoms with Crippen LogP contribution in [0.25, 0.3) is 22.4 Å². The van der Waals surface area contributed by atoms with E-state index in [1.54, 1.807) is 12.3 Å². The Kier molecular flexibility index (Phi) is 6.18. The van der Waals surface area contributed by atoms with E-state index < -0.39 is 23.4 Å². The van der Waals surface area contributed by atoms with E-state index in [9.17, 15) is 18.0 Å². The Morgan fingerprint density at radius 2 is 1.69 bits per heavy atom. The summed E-state index contributed by atoms with van der Waals surface area (Å²) < 4.78 is 47.2. The van der Waals surface area contributed by atoms with Crippen molar-refractivity contribution >= 4 is 16.7 Å². The molecule has 0 radical (unpaired) electrons. The predicted molar refractivity (Wildman–Crippen MR) is 124 cm³/mol. The molecule has 0 saturated carbocycles. The summed E-state index contributed by atoms with van der Waals surface area (Å²) >= 11 is 0. The van der Waals surface area contributed by atoms with Crippen LogP contribution in [-0.4, -0.2) is 21.0 Å². The minimum atomic E-state index is -0.707. The number of fused-ring (bicyclic) bond motifs is 1. The molecule has 0 unspecified atom stereocenters. The van der Waals surface area contributed by atoms with Gasteiger partial charge in [-0.2, -0.15) is 0 Å². The molecule has 0 spiro atoms. The van der Waals surface area contributed by atoms with Crippen molar-refractivity contribution in [2.45, 2.75) is 25.2 Å². The summed E-state index contributed by atoms with van der Waals surface area (Å²) in [7, 11) is 0. The van der Waals surface area contributed by atoms with Crippen LogP contribution in [0, 0.1) is 17.5 Å². The van der Waals surface area contributed by atoms with Crippen LogP contribution >= 0.6 is 0 Å². The van der Waals surface area contributed by atoms with Crippen LogP contribution in [0.3, 0.4) is 0 Å². The van der Waals surface area contributed by atoms with Crippen LogP contribution in [0.1, 0.15) is 29.4 Å². The molecule has 0 aliphatic carbocycles. The molecule has 5 nitrogen and oxygen atoms in total. The predicted octanol–water partition coefficient (Wildman–Crippen LogP) is 6.16. The van der Waals surface area contributed by atoms with Gasteiger partial charge in [0.2, 0.25) is 11.8 Å². The quantitative estimate of drug-likeness (QED) is 0.292. The maximum Gasteiger partial charge on any atom is 0.247 e. The van der Waals surface area contributed by atoms with Gasteiger partial charge in [0.25, 0.3) is 0 Å². The van der Waals surface area contributed by atoms with Gasteiger partial charge in [-0.1, -0.05) is 18.2 Å². The summed E-state index contributed by atoms with van der Waals surface area (Å²) in [6.07, 6.45) is 1.85. The molecule has 0 aliphatic rings. The van der Waals surface area contributed by atoms with Gasteiger partial charge < -0.3 is 9.40 Å². The largest absolute Gasteiger partial charge is 0.420 e. The smallest absolute Gasteiger partial charge is 0.247 e. The number of rotatable bonds is 8. The van der Waals surface area contributed by atoms with Crippen molar-refractivity contribution in [2.75, 3.05) is 0 Å². The topological polar surface area (TPSA) is 71.8 Å². The van der Waals surface area contributed by atoms with Crippen LogP contribution in [0.2, 0.25) is 0 Å². The van der Waals surface area contributed by atoms with E-state index >= 15 is 0 Å². The number of halogens is 3. The number of nitrogens with zero attached hydrogens (tertiary/aromatic N) is 2. The highest BCUT2D eigenvalue weighted by Gasteiger charge is 2.24. The third kappa shape index (κ3) is 5.16. The van der Waals surface area contributed by atoms with Crippen LogP contribution in [0.5, 0.6) is 0 Å². The Morgan fingerprint density at radius 3 is 2.46 bits per heavy atom. The number of Topliss-reactive ketones (excluding diaryl/α,β-unsaturated/α-hetero) is 1. The average Bonchev–Trinajstić information content (AvgIpc) is 3.46. The Bertz CT molecular complexity index is 1470. The van der Waals surface area contributed by atoms with E-state index in [2.05, 4.69) is 15.2 Å². The normalized spacial score (nSPS) is 12.2. The fraction of sp³-hybridized carbons (Fsp3) is 0.148. The third-order valence-electron chi connectivity index (χ3n) is 5.81. The molecule has 176 valence electrons. The van der Waals surface area contributed by atoms with Gasteiger partial charge in [-0.25, -0.2) is 13.2 Å². The summed E-state index contributed by atoms with van der Waals surface area (Å²) in [6.45, 7) is 0. The van der Waals surface area contributed by atoms with E-state index in [4.69, 9.17) is 4.42 Å². The molecule has 1 atom stereocenters. The molecule has 8 heteroatoms. The molecule has 0 aliphatic heterocycles. The van der Waals surface area contributed by atoms with Gasteiger partial charge in [-0.15, -0.1) is 10.2 Å². The van der Waals surface area contributed by atoms with Crippen molar-refractivity contribution < 1.29 is 22.4 Å². The second kappa shape index (κ2) is 9.58. The molecule has 2 aromatic heterocycles. The SMILES string of the molecule is O=C(Cc1c[nH]c2ccc(F)cc12)C[C@@H](Cc1cc(F)cc(F)c1)c1nnc(-c2ccccc2)o1. The number of carbonyl (C=O) groups is 1. The number of benzene rings is 3. The van der Waals surface area contributed by atoms with Crippen molar-refractivity contribution in [3.8, 4) is 11.5 Å². The zero-order valence-electron chi connectivity index (χ0n) is 18.5. The van der Waals surface area contributed by atoms with Crippen molar-refractivity contribution in [1.82, 2.24) is 15.2 Å². The van der Waals surface area contributed by atoms with Gasteiger partial charge in [0.05, 0.1) is 0 Å². The first-order valence-electron chi connectivity index (χ1n) is 11.1. The van der Waals surface area contributed by atoms with Crippen LogP contribution < -0.4 is 0 Å². The van der Waals surface area contributed by atoms with Crippen LogP contribution in [0.15, 0.2) is 77.3 Å². The molecule has 1 N–H and O–H groups in total. The highest BCUT2D eigenvalue weighted by atomic mass is 19.1. The second-order valence-corrected chi connectivity index (χ2v) is 8.41. The molecule has 5 aromatic rings. The Hall–Kier alpha value is -4.20. The van der Waals surface area contributed by atoms with E-state index in [0.29, 0.717) is 22.1 Å². The fourth-order valence-corrected chi connectivity index (χ4v) is 4.21. The van der Waals surface area contributed by atoms with Gasteiger partial charge >= 0.3 is 0 Å². The van der Waals surface area contributed by atoms with Gasteiger partial charge in [0.1, 0.15) is 23.2 Å². The number of aromatic amines is 1. The minimum Gasteiger partial charge on any atom is -0.420 e. The van der Waals surface area contributed by atoms with E-state index in [0.717, 1.165) is 11.6 Å². The standard InChI is InChI=1S/C27H20F3N3O2/c28-20-6-7-25-24(14-20)19(15-31-25)12-23(34)11-18(8-16-9-21(29)13-22(30)10-16)27-33-32-26(35-27)17-4-2-1-3-5-17/h1-7,9-10,13-15,18,31H,8,11-12H2/t18-/m1/s1. The minimum absolute atomic E-state index is 0.00343. The summed E-state index contributed by atoms with van der Waals surface area (Å²) in [5.74, 6) is -2.08. The van der Waals surface area contributed by atoms with E-state index in [1.165, 1.54) is 24.3 Å². The Morgan fingerprint density at radius 1 is 0.914 bits per heavy atom. The van der Waals surface area contributed by atoms with Crippen molar-refractivity contribution in [3.05, 3.63) is 107 Å². The maximum atomic E-state index is 13.8. The van der Waals surface area contributed by atoms with Crippen molar-refractivity contribution in [2.24, 2.45) is 0 Å². The number of nitrogens with one attached hydrogen (secondary N) is 1. The molecular formula is C27H20F3N3O2. The summed E-state index contributed by atoms with van der Waals surface area (Å²) in [5, 5.41) is 8.86. The zero-order valence-corrected chi connectivity index (χ0v) is 18.5. The van der Waals surface area contributed by atoms with Gasteiger partial charge in [0, 0.05) is 47.5 Å². The first-order valence-corrected chi connectivity index (χ1v) is 11.1. The molecule has 0 saturated heterocycles. The van der Waals surface area contributed by atoms with Crippen LogP contribution in [-0.2, 0) is 17.6 Å². The summed E-state index contributed by atoms with van der Waals surface area (Å²) in [6, 6.07) is 16.7. The summed E-state index contributed by atoms with van der Waals surface area (Å²) in [5.41, 5.74) is 2.48. The number of carbonyl (C=O) groups excluding carboxylic acids is 1. The first-order chi connectivity index (χ1) is 16.9. The Labute approximate surface area is 198 Å². The number of H-pyrrole nitrogens is 1. The highest BCUT2D eigenvalue weighted by molar-refractivity contribution is 5.90. The van der Waals surface area contributed by atoms with Gasteiger partial charge in [0.15, 0.2) is 0 Å². The molecule has 35 heavy (non-hydrogen) atoms. The fourth-order valence-electron chi connectivity index (χ4n) is 4.21. The third-order valence-corrected chi connectivity index (χ3v) is 5.81. The number of hydrogen-bond donors (Lipinski definition) is 1. The lowest BCUT2D eigenvalue weighted by Crippen LogP contribution is -2.13. The monoisotopic (exact) mass is 475 g/mol. The molecule has 0 amide bonds.